The van der Waals surface area contributed by atoms with Gasteiger partial charge in [0.25, 0.3) is 5.91 Å². The van der Waals surface area contributed by atoms with E-state index in [2.05, 4.69) is 21.5 Å². The van der Waals surface area contributed by atoms with Crippen LogP contribution in [0.15, 0.2) is 84.4 Å². The molecule has 28 heavy (non-hydrogen) atoms. The fourth-order valence-corrected chi connectivity index (χ4v) is 3.69. The van der Waals surface area contributed by atoms with Gasteiger partial charge in [-0.3, -0.25) is 14.5 Å². The molecule has 1 amide bonds. The van der Waals surface area contributed by atoms with Gasteiger partial charge < -0.3 is 9.88 Å². The number of nitrogens with zero attached hydrogens (tertiary/aromatic N) is 4. The Bertz CT molecular complexity index is 1060. The van der Waals surface area contributed by atoms with E-state index in [9.17, 15) is 4.79 Å². The molecule has 0 saturated carbocycles. The molecule has 0 unspecified atom stereocenters. The molecule has 4 aromatic rings. The van der Waals surface area contributed by atoms with Crippen LogP contribution in [-0.2, 0) is 12.8 Å². The number of hydrogen-bond acceptors (Lipinski definition) is 4. The molecule has 1 aromatic carbocycles. The fourth-order valence-electron chi connectivity index (χ4n) is 2.86. The number of nitrogens with one attached hydrogen (secondary N) is 1. The number of pyridine rings is 1. The van der Waals surface area contributed by atoms with Gasteiger partial charge in [-0.1, -0.05) is 6.07 Å². The van der Waals surface area contributed by atoms with Crippen molar-refractivity contribution < 1.29 is 4.79 Å². The van der Waals surface area contributed by atoms with E-state index in [0.29, 0.717) is 5.56 Å². The van der Waals surface area contributed by atoms with Crippen molar-refractivity contribution >= 4 is 23.4 Å². The standard InChI is InChI=1S/C21H19N5OS/c1-25-21(26-11-2-3-12-26)19(14-23-25)20(27)24-17-6-8-18(9-7-17)28-15-16-5-4-10-22-13-16/h2-14H,15H2,1H3,(H,24,27). The monoisotopic (exact) mass is 389 g/mol. The molecule has 0 saturated heterocycles. The van der Waals surface area contributed by atoms with Crippen molar-refractivity contribution in [3.05, 3.63) is 90.6 Å². The van der Waals surface area contributed by atoms with Crippen LogP contribution in [0.25, 0.3) is 5.82 Å². The predicted octanol–water partition coefficient (Wildman–Crippen LogP) is 4.15. The molecule has 7 heteroatoms. The number of benzene rings is 1. The van der Waals surface area contributed by atoms with Gasteiger partial charge in [-0.15, -0.1) is 11.8 Å². The van der Waals surface area contributed by atoms with Gasteiger partial charge in [0.2, 0.25) is 0 Å². The van der Waals surface area contributed by atoms with E-state index < -0.39 is 0 Å². The van der Waals surface area contributed by atoms with Gasteiger partial charge in [0.15, 0.2) is 0 Å². The largest absolute Gasteiger partial charge is 0.322 e. The second-order valence-electron chi connectivity index (χ2n) is 6.22. The van der Waals surface area contributed by atoms with Crippen molar-refractivity contribution in [2.75, 3.05) is 5.32 Å². The third kappa shape index (κ3) is 3.99. The zero-order valence-corrected chi connectivity index (χ0v) is 16.1. The van der Waals surface area contributed by atoms with Crippen LogP contribution in [0.2, 0.25) is 0 Å². The number of thioether (sulfide) groups is 1. The highest BCUT2D eigenvalue weighted by atomic mass is 32.2. The van der Waals surface area contributed by atoms with E-state index in [0.717, 1.165) is 22.2 Å². The summed E-state index contributed by atoms with van der Waals surface area (Å²) in [5.41, 5.74) is 2.45. The van der Waals surface area contributed by atoms with Crippen molar-refractivity contribution in [1.29, 1.82) is 0 Å². The number of carbonyl (C=O) groups is 1. The Morgan fingerprint density at radius 2 is 1.86 bits per heavy atom. The molecule has 6 nitrogen and oxygen atoms in total. The quantitative estimate of drug-likeness (QED) is 0.503. The lowest BCUT2D eigenvalue weighted by Crippen LogP contribution is -2.14. The number of aryl methyl sites for hydroxylation is 1. The highest BCUT2D eigenvalue weighted by molar-refractivity contribution is 7.98. The molecular weight excluding hydrogens is 370 g/mol. The molecule has 0 aliphatic carbocycles. The maximum Gasteiger partial charge on any atom is 0.261 e. The molecule has 0 aliphatic rings. The summed E-state index contributed by atoms with van der Waals surface area (Å²) in [6.45, 7) is 0. The topological polar surface area (TPSA) is 64.7 Å². The van der Waals surface area contributed by atoms with Crippen LogP contribution >= 0.6 is 11.8 Å². The summed E-state index contributed by atoms with van der Waals surface area (Å²) in [6.07, 6.45) is 9.01. The first-order valence-electron chi connectivity index (χ1n) is 8.79. The summed E-state index contributed by atoms with van der Waals surface area (Å²) in [6, 6.07) is 15.7. The second-order valence-corrected chi connectivity index (χ2v) is 7.27. The minimum atomic E-state index is -0.187. The number of rotatable bonds is 6. The summed E-state index contributed by atoms with van der Waals surface area (Å²) >= 11 is 1.73. The van der Waals surface area contributed by atoms with Gasteiger partial charge in [0.05, 0.1) is 6.20 Å². The molecule has 3 heterocycles. The third-order valence-corrected chi connectivity index (χ3v) is 5.32. The number of anilines is 1. The number of amides is 1. The Morgan fingerprint density at radius 3 is 2.57 bits per heavy atom. The molecule has 0 aliphatic heterocycles. The van der Waals surface area contributed by atoms with E-state index in [-0.39, 0.29) is 5.91 Å². The summed E-state index contributed by atoms with van der Waals surface area (Å²) in [7, 11) is 1.82. The number of carbonyl (C=O) groups excluding carboxylic acids is 1. The Morgan fingerprint density at radius 1 is 1.07 bits per heavy atom. The second kappa shape index (κ2) is 8.14. The van der Waals surface area contributed by atoms with Gasteiger partial charge in [0.1, 0.15) is 11.4 Å². The zero-order valence-electron chi connectivity index (χ0n) is 15.3. The molecule has 3 aromatic heterocycles. The molecule has 0 bridgehead atoms. The first-order valence-corrected chi connectivity index (χ1v) is 9.78. The average molecular weight is 389 g/mol. The number of hydrogen-bond donors (Lipinski definition) is 1. The highest BCUT2D eigenvalue weighted by Crippen LogP contribution is 2.24. The van der Waals surface area contributed by atoms with Crippen molar-refractivity contribution in [3.8, 4) is 5.82 Å². The Hall–Kier alpha value is -3.32. The van der Waals surface area contributed by atoms with Crippen LogP contribution in [0.3, 0.4) is 0 Å². The van der Waals surface area contributed by atoms with Crippen molar-refractivity contribution in [2.45, 2.75) is 10.6 Å². The molecule has 0 fully saturated rings. The first-order chi connectivity index (χ1) is 13.7. The van der Waals surface area contributed by atoms with Gasteiger partial charge in [-0.2, -0.15) is 5.10 Å². The molecule has 0 atom stereocenters. The lowest BCUT2D eigenvalue weighted by atomic mass is 10.2. The normalized spacial score (nSPS) is 10.8. The van der Waals surface area contributed by atoms with Crippen LogP contribution in [0.4, 0.5) is 5.69 Å². The Labute approximate surface area is 167 Å². The van der Waals surface area contributed by atoms with E-state index in [1.54, 1.807) is 28.8 Å². The molecule has 1 N–H and O–H groups in total. The molecule has 0 radical (unpaired) electrons. The average Bonchev–Trinajstić information content (AvgIpc) is 3.37. The van der Waals surface area contributed by atoms with Crippen molar-refractivity contribution in [3.63, 3.8) is 0 Å². The van der Waals surface area contributed by atoms with E-state index in [1.807, 2.05) is 72.7 Å². The molecule has 4 rings (SSSR count). The third-order valence-electron chi connectivity index (χ3n) is 4.24. The smallest absolute Gasteiger partial charge is 0.261 e. The SMILES string of the molecule is Cn1ncc(C(=O)Nc2ccc(SCc3cccnc3)cc2)c1-n1cccc1. The van der Waals surface area contributed by atoms with Gasteiger partial charge >= 0.3 is 0 Å². The Kier molecular flexibility index (Phi) is 5.25. The summed E-state index contributed by atoms with van der Waals surface area (Å²) in [5, 5.41) is 7.18. The van der Waals surface area contributed by atoms with E-state index >= 15 is 0 Å². The highest BCUT2D eigenvalue weighted by Gasteiger charge is 2.17. The Balaban J connectivity index is 1.43. The van der Waals surface area contributed by atoms with E-state index in [4.69, 9.17) is 0 Å². The van der Waals surface area contributed by atoms with Crippen LogP contribution in [0.5, 0.6) is 0 Å². The maximum absolute atomic E-state index is 12.7. The fraction of sp³-hybridized carbons (Fsp3) is 0.0952. The zero-order chi connectivity index (χ0) is 19.3. The minimum absolute atomic E-state index is 0.187. The molecule has 0 spiro atoms. The summed E-state index contributed by atoms with van der Waals surface area (Å²) < 4.78 is 3.56. The van der Waals surface area contributed by atoms with Crippen molar-refractivity contribution in [2.24, 2.45) is 7.05 Å². The first kappa shape index (κ1) is 18.1. The van der Waals surface area contributed by atoms with Crippen molar-refractivity contribution in [1.82, 2.24) is 19.3 Å². The van der Waals surface area contributed by atoms with Crippen LogP contribution in [0.1, 0.15) is 15.9 Å². The van der Waals surface area contributed by atoms with Crippen LogP contribution in [-0.4, -0.2) is 25.2 Å². The summed E-state index contributed by atoms with van der Waals surface area (Å²) in [5.74, 6) is 1.40. The van der Waals surface area contributed by atoms with Gasteiger partial charge in [0, 0.05) is 48.2 Å². The van der Waals surface area contributed by atoms with Gasteiger partial charge in [-0.25, -0.2) is 0 Å². The predicted molar refractivity (Wildman–Crippen MR) is 111 cm³/mol. The lowest BCUT2D eigenvalue weighted by molar-refractivity contribution is 0.102. The van der Waals surface area contributed by atoms with Gasteiger partial charge in [-0.05, 0) is 48.0 Å². The van der Waals surface area contributed by atoms with Crippen LogP contribution in [0, 0.1) is 0 Å². The molecular formula is C21H19N5OS. The summed E-state index contributed by atoms with van der Waals surface area (Å²) in [4.78, 5) is 18.0. The molecule has 140 valence electrons. The number of aromatic nitrogens is 4. The van der Waals surface area contributed by atoms with E-state index in [1.165, 1.54) is 5.56 Å². The van der Waals surface area contributed by atoms with Crippen LogP contribution < -0.4 is 5.32 Å². The lowest BCUT2D eigenvalue weighted by Gasteiger charge is -2.09. The maximum atomic E-state index is 12.7. The minimum Gasteiger partial charge on any atom is -0.322 e.